The number of carbonyl (C=O) groups excluding carboxylic acids is 1. The fraction of sp³-hybridized carbons (Fsp3) is 0.533. The highest BCUT2D eigenvalue weighted by atomic mass is 16.6. The average Bonchev–Trinajstić information content (AvgIpc) is 2.70. The summed E-state index contributed by atoms with van der Waals surface area (Å²) in [5, 5.41) is 10.1. The number of carbonyl (C=O) groups is 1. The molecule has 2 atom stereocenters. The van der Waals surface area contributed by atoms with Gasteiger partial charge in [0.05, 0.1) is 12.6 Å². The molecule has 1 amide bonds. The summed E-state index contributed by atoms with van der Waals surface area (Å²) in [6.45, 7) is 6.35. The molecule has 1 N–H and O–H groups in total. The van der Waals surface area contributed by atoms with Gasteiger partial charge in [0.15, 0.2) is 0 Å². The summed E-state index contributed by atoms with van der Waals surface area (Å²) >= 11 is 0. The van der Waals surface area contributed by atoms with E-state index < -0.39 is 11.7 Å². The first kappa shape index (κ1) is 13.9. The third kappa shape index (κ3) is 3.47. The first-order chi connectivity index (χ1) is 8.87. The number of nitrogens with zero attached hydrogens (tertiary/aromatic N) is 1. The van der Waals surface area contributed by atoms with Crippen LogP contribution in [0.4, 0.5) is 4.79 Å². The maximum Gasteiger partial charge on any atom is 0.410 e. The van der Waals surface area contributed by atoms with Crippen LogP contribution in [0, 0.1) is 0 Å². The Bertz CT molecular complexity index is 438. The van der Waals surface area contributed by atoms with Crippen molar-refractivity contribution in [2.75, 3.05) is 13.1 Å². The molecule has 1 aliphatic rings. The molecule has 1 aromatic rings. The van der Waals surface area contributed by atoms with Gasteiger partial charge in [-0.2, -0.15) is 0 Å². The third-order valence-corrected chi connectivity index (χ3v) is 3.17. The van der Waals surface area contributed by atoms with Crippen molar-refractivity contribution in [3.63, 3.8) is 0 Å². The molecule has 0 saturated carbocycles. The maximum absolute atomic E-state index is 12.0. The summed E-state index contributed by atoms with van der Waals surface area (Å²) < 4.78 is 5.33. The van der Waals surface area contributed by atoms with Crippen LogP contribution in [0.1, 0.15) is 32.3 Å². The van der Waals surface area contributed by atoms with E-state index in [0.717, 1.165) is 5.56 Å². The van der Waals surface area contributed by atoms with Crippen LogP contribution in [-0.2, 0) is 4.74 Å². The normalized spacial score (nSPS) is 23.5. The summed E-state index contributed by atoms with van der Waals surface area (Å²) in [5.74, 6) is -0.0336. The summed E-state index contributed by atoms with van der Waals surface area (Å²) in [6, 6.07) is 9.78. The Morgan fingerprint density at radius 1 is 1.26 bits per heavy atom. The molecule has 0 spiro atoms. The Labute approximate surface area is 114 Å². The van der Waals surface area contributed by atoms with E-state index in [1.807, 2.05) is 51.1 Å². The number of hydrogen-bond donors (Lipinski definition) is 1. The van der Waals surface area contributed by atoms with Crippen LogP contribution >= 0.6 is 0 Å². The average molecular weight is 263 g/mol. The number of hydrogen-bond acceptors (Lipinski definition) is 3. The highest BCUT2D eigenvalue weighted by Gasteiger charge is 2.36. The van der Waals surface area contributed by atoms with Gasteiger partial charge in [-0.25, -0.2) is 4.79 Å². The molecule has 4 nitrogen and oxygen atoms in total. The molecule has 2 rings (SSSR count). The van der Waals surface area contributed by atoms with Crippen molar-refractivity contribution < 1.29 is 14.6 Å². The lowest BCUT2D eigenvalue weighted by molar-refractivity contribution is 0.0270. The van der Waals surface area contributed by atoms with E-state index in [2.05, 4.69) is 0 Å². The Morgan fingerprint density at radius 3 is 2.47 bits per heavy atom. The Kier molecular flexibility index (Phi) is 3.80. The SMILES string of the molecule is CC(C)(C)OC(=O)N1C[C@H](c2ccccc2)[C@@H](O)C1. The summed E-state index contributed by atoms with van der Waals surface area (Å²) in [6.07, 6.45) is -0.889. The van der Waals surface area contributed by atoms with Crippen molar-refractivity contribution in [3.05, 3.63) is 35.9 Å². The molecule has 0 aliphatic carbocycles. The Morgan fingerprint density at radius 2 is 1.89 bits per heavy atom. The summed E-state index contributed by atoms with van der Waals surface area (Å²) in [4.78, 5) is 13.6. The van der Waals surface area contributed by atoms with Crippen molar-refractivity contribution in [3.8, 4) is 0 Å². The molecular formula is C15H21NO3. The molecule has 0 bridgehead atoms. The number of amides is 1. The van der Waals surface area contributed by atoms with Crippen LogP contribution in [0.25, 0.3) is 0 Å². The second-order valence-corrected chi connectivity index (χ2v) is 5.97. The van der Waals surface area contributed by atoms with Crippen molar-refractivity contribution in [2.45, 2.75) is 38.4 Å². The first-order valence-corrected chi connectivity index (χ1v) is 6.58. The van der Waals surface area contributed by atoms with Crippen LogP contribution in [0.3, 0.4) is 0 Å². The smallest absolute Gasteiger partial charge is 0.410 e. The minimum atomic E-state index is -0.532. The van der Waals surface area contributed by atoms with Crippen LogP contribution in [0.5, 0.6) is 0 Å². The lowest BCUT2D eigenvalue weighted by Gasteiger charge is -2.24. The molecular weight excluding hydrogens is 242 g/mol. The number of rotatable bonds is 1. The standard InChI is InChI=1S/C15H21NO3/c1-15(2,3)19-14(18)16-9-12(13(17)10-16)11-7-5-4-6-8-11/h4-8,12-13,17H,9-10H2,1-3H3/t12-,13+/m1/s1. The van der Waals surface area contributed by atoms with E-state index in [4.69, 9.17) is 4.74 Å². The molecule has 1 saturated heterocycles. The van der Waals surface area contributed by atoms with Gasteiger partial charge in [-0.1, -0.05) is 30.3 Å². The second-order valence-electron chi connectivity index (χ2n) is 5.97. The lowest BCUT2D eigenvalue weighted by Crippen LogP contribution is -2.35. The van der Waals surface area contributed by atoms with E-state index in [1.54, 1.807) is 4.90 Å². The zero-order chi connectivity index (χ0) is 14.0. The van der Waals surface area contributed by atoms with Gasteiger partial charge in [0.25, 0.3) is 0 Å². The van der Waals surface area contributed by atoms with Gasteiger partial charge in [-0.05, 0) is 26.3 Å². The second kappa shape index (κ2) is 5.21. The molecule has 1 aromatic carbocycles. The lowest BCUT2D eigenvalue weighted by atomic mass is 9.96. The van der Waals surface area contributed by atoms with Gasteiger partial charge >= 0.3 is 6.09 Å². The van der Waals surface area contributed by atoms with Gasteiger partial charge in [0.2, 0.25) is 0 Å². The van der Waals surface area contributed by atoms with Crippen LogP contribution in [0.15, 0.2) is 30.3 Å². The van der Waals surface area contributed by atoms with Crippen molar-refractivity contribution in [2.24, 2.45) is 0 Å². The van der Waals surface area contributed by atoms with Crippen molar-refractivity contribution in [1.82, 2.24) is 4.90 Å². The number of benzene rings is 1. The van der Waals surface area contributed by atoms with Gasteiger partial charge in [0.1, 0.15) is 5.60 Å². The number of aliphatic hydroxyl groups excluding tert-OH is 1. The van der Waals surface area contributed by atoms with Crippen LogP contribution in [0.2, 0.25) is 0 Å². The Balaban J connectivity index is 2.04. The monoisotopic (exact) mass is 263 g/mol. The fourth-order valence-electron chi connectivity index (χ4n) is 2.29. The minimum absolute atomic E-state index is 0.0336. The number of aliphatic hydroxyl groups is 1. The predicted molar refractivity (Wildman–Crippen MR) is 73.0 cm³/mol. The van der Waals surface area contributed by atoms with Gasteiger partial charge in [0, 0.05) is 12.5 Å². The summed E-state index contributed by atoms with van der Waals surface area (Å²) in [7, 11) is 0. The van der Waals surface area contributed by atoms with Crippen molar-refractivity contribution in [1.29, 1.82) is 0 Å². The molecule has 1 heterocycles. The van der Waals surface area contributed by atoms with Crippen LogP contribution in [-0.4, -0.2) is 40.9 Å². The minimum Gasteiger partial charge on any atom is -0.444 e. The fourth-order valence-corrected chi connectivity index (χ4v) is 2.29. The number of β-amino-alcohol motifs (C(OH)–C–C–N with tert-alkyl or cyclic N) is 1. The van der Waals surface area contributed by atoms with Gasteiger partial charge in [-0.15, -0.1) is 0 Å². The summed E-state index contributed by atoms with van der Waals surface area (Å²) in [5.41, 5.74) is 0.549. The van der Waals surface area contributed by atoms with E-state index in [-0.39, 0.29) is 12.0 Å². The largest absolute Gasteiger partial charge is 0.444 e. The molecule has 19 heavy (non-hydrogen) atoms. The first-order valence-electron chi connectivity index (χ1n) is 6.58. The molecule has 0 radical (unpaired) electrons. The number of likely N-dealkylation sites (tertiary alicyclic amines) is 1. The zero-order valence-corrected chi connectivity index (χ0v) is 11.7. The van der Waals surface area contributed by atoms with Crippen LogP contribution < -0.4 is 0 Å². The van der Waals surface area contributed by atoms with E-state index in [9.17, 15) is 9.90 Å². The topological polar surface area (TPSA) is 49.8 Å². The third-order valence-electron chi connectivity index (χ3n) is 3.17. The van der Waals surface area contributed by atoms with Gasteiger partial charge < -0.3 is 14.7 Å². The highest BCUT2D eigenvalue weighted by molar-refractivity contribution is 5.68. The maximum atomic E-state index is 12.0. The molecule has 0 unspecified atom stereocenters. The Hall–Kier alpha value is -1.55. The predicted octanol–water partition coefficient (Wildman–Crippen LogP) is 2.38. The van der Waals surface area contributed by atoms with Gasteiger partial charge in [-0.3, -0.25) is 0 Å². The molecule has 1 fully saturated rings. The number of ether oxygens (including phenoxy) is 1. The van der Waals surface area contributed by atoms with E-state index in [1.165, 1.54) is 0 Å². The molecule has 0 aromatic heterocycles. The van der Waals surface area contributed by atoms with E-state index >= 15 is 0 Å². The molecule has 1 aliphatic heterocycles. The zero-order valence-electron chi connectivity index (χ0n) is 11.7. The quantitative estimate of drug-likeness (QED) is 0.846. The highest BCUT2D eigenvalue weighted by Crippen LogP contribution is 2.28. The molecule has 4 heteroatoms. The van der Waals surface area contributed by atoms with E-state index in [0.29, 0.717) is 13.1 Å². The molecule has 104 valence electrons. The van der Waals surface area contributed by atoms with Crippen molar-refractivity contribution >= 4 is 6.09 Å².